The van der Waals surface area contributed by atoms with Crippen molar-refractivity contribution >= 4 is 23.6 Å². The van der Waals surface area contributed by atoms with Crippen molar-refractivity contribution in [1.29, 1.82) is 0 Å². The average Bonchev–Trinajstić information content (AvgIpc) is 2.74. The summed E-state index contributed by atoms with van der Waals surface area (Å²) in [7, 11) is 4.58. The Bertz CT molecular complexity index is 898. The lowest BCUT2D eigenvalue weighted by Gasteiger charge is -2.20. The smallest absolute Gasteiger partial charge is 0.331 e. The van der Waals surface area contributed by atoms with Crippen molar-refractivity contribution in [3.8, 4) is 23.0 Å². The van der Waals surface area contributed by atoms with Crippen LogP contribution in [-0.4, -0.2) is 34.1 Å². The molecule has 0 bridgehead atoms. The second-order valence-electron chi connectivity index (χ2n) is 6.06. The zero-order valence-electron chi connectivity index (χ0n) is 16.3. The molecule has 0 aromatic heterocycles. The highest BCUT2D eigenvalue weighted by Gasteiger charge is 2.17. The number of esters is 1. The van der Waals surface area contributed by atoms with Crippen LogP contribution < -0.4 is 18.9 Å². The number of carbonyl (C=O) groups is 1. The molecular weight excluding hydrogens is 400 g/mol. The summed E-state index contributed by atoms with van der Waals surface area (Å²) in [6, 6.07) is 6.94. The lowest BCUT2D eigenvalue weighted by molar-refractivity contribution is -0.139. The van der Waals surface area contributed by atoms with Crippen molar-refractivity contribution in [3.05, 3.63) is 52.1 Å². The lowest BCUT2D eigenvalue weighted by Crippen LogP contribution is -2.14. The maximum absolute atomic E-state index is 12.2. The number of fused-ring (bicyclic) bond motifs is 1. The summed E-state index contributed by atoms with van der Waals surface area (Å²) in [4.78, 5) is 12.2. The van der Waals surface area contributed by atoms with E-state index in [2.05, 4.69) is 0 Å². The van der Waals surface area contributed by atoms with Gasteiger partial charge < -0.3 is 28.4 Å². The van der Waals surface area contributed by atoms with E-state index < -0.39 is 5.97 Å². The molecular formula is C21H21ClO7. The minimum absolute atomic E-state index is 0.0291. The van der Waals surface area contributed by atoms with Gasteiger partial charge in [0.25, 0.3) is 0 Å². The molecule has 0 amide bonds. The third-order valence-corrected chi connectivity index (χ3v) is 4.44. The van der Waals surface area contributed by atoms with Gasteiger partial charge in [-0.3, -0.25) is 0 Å². The molecule has 8 heteroatoms. The molecule has 0 N–H and O–H groups in total. The van der Waals surface area contributed by atoms with Gasteiger partial charge in [0.2, 0.25) is 5.75 Å². The second kappa shape index (κ2) is 9.54. The van der Waals surface area contributed by atoms with E-state index in [1.807, 2.05) is 0 Å². The van der Waals surface area contributed by atoms with Crippen LogP contribution in [0.25, 0.3) is 6.08 Å². The van der Waals surface area contributed by atoms with Crippen molar-refractivity contribution in [2.45, 2.75) is 13.2 Å². The fourth-order valence-electron chi connectivity index (χ4n) is 2.92. The monoisotopic (exact) mass is 420 g/mol. The molecule has 0 atom stereocenters. The molecule has 3 rings (SSSR count). The summed E-state index contributed by atoms with van der Waals surface area (Å²) in [5, 5.41) is 0.525. The maximum atomic E-state index is 12.2. The minimum atomic E-state index is -0.514. The van der Waals surface area contributed by atoms with Gasteiger partial charge in [-0.2, -0.15) is 0 Å². The Labute approximate surface area is 173 Å². The Morgan fingerprint density at radius 1 is 1.10 bits per heavy atom. The van der Waals surface area contributed by atoms with E-state index in [1.54, 1.807) is 30.3 Å². The molecule has 2 aromatic rings. The summed E-state index contributed by atoms with van der Waals surface area (Å²) in [5.74, 6) is 1.58. The highest BCUT2D eigenvalue weighted by molar-refractivity contribution is 6.30. The van der Waals surface area contributed by atoms with Crippen LogP contribution in [0.1, 0.15) is 16.7 Å². The Kier molecular flexibility index (Phi) is 6.85. The van der Waals surface area contributed by atoms with Crippen molar-refractivity contribution in [3.63, 3.8) is 0 Å². The van der Waals surface area contributed by atoms with Gasteiger partial charge in [0.15, 0.2) is 18.3 Å². The Balaban J connectivity index is 1.70. The topological polar surface area (TPSA) is 72.5 Å². The zero-order chi connectivity index (χ0) is 20.8. The zero-order valence-corrected chi connectivity index (χ0v) is 17.1. The summed E-state index contributed by atoms with van der Waals surface area (Å²) in [6.07, 6.45) is 2.92. The van der Waals surface area contributed by atoms with E-state index in [1.165, 1.54) is 27.4 Å². The van der Waals surface area contributed by atoms with Crippen LogP contribution in [-0.2, 0) is 27.5 Å². The quantitative estimate of drug-likeness (QED) is 0.495. The summed E-state index contributed by atoms with van der Waals surface area (Å²) < 4.78 is 32.0. The molecule has 0 radical (unpaired) electrons. The Hall–Kier alpha value is -2.90. The minimum Gasteiger partial charge on any atom is -0.493 e. The van der Waals surface area contributed by atoms with Gasteiger partial charge in [-0.25, -0.2) is 4.79 Å². The van der Waals surface area contributed by atoms with Crippen molar-refractivity contribution in [2.24, 2.45) is 0 Å². The van der Waals surface area contributed by atoms with Gasteiger partial charge in [-0.05, 0) is 35.9 Å². The van der Waals surface area contributed by atoms with Crippen molar-refractivity contribution in [1.82, 2.24) is 0 Å². The number of benzene rings is 2. The molecule has 1 aliphatic rings. The van der Waals surface area contributed by atoms with E-state index in [0.717, 1.165) is 5.56 Å². The fraction of sp³-hybridized carbons (Fsp3) is 0.286. The van der Waals surface area contributed by atoms with Crippen LogP contribution in [0.4, 0.5) is 0 Å². The Morgan fingerprint density at radius 2 is 1.83 bits per heavy atom. The van der Waals surface area contributed by atoms with Gasteiger partial charge >= 0.3 is 5.97 Å². The molecule has 0 aliphatic carbocycles. The number of ether oxygens (including phenoxy) is 6. The number of halogens is 1. The van der Waals surface area contributed by atoms with E-state index in [9.17, 15) is 4.79 Å². The van der Waals surface area contributed by atoms with Gasteiger partial charge in [0.05, 0.1) is 27.9 Å². The number of rotatable bonds is 7. The molecule has 7 nitrogen and oxygen atoms in total. The molecule has 0 unspecified atom stereocenters. The fourth-order valence-corrected chi connectivity index (χ4v) is 3.19. The highest BCUT2D eigenvalue weighted by Crippen LogP contribution is 2.38. The van der Waals surface area contributed by atoms with Crippen molar-refractivity contribution in [2.75, 3.05) is 28.1 Å². The molecule has 0 fully saturated rings. The maximum Gasteiger partial charge on any atom is 0.331 e. The van der Waals surface area contributed by atoms with Crippen LogP contribution in [0.15, 0.2) is 30.3 Å². The number of hydrogen-bond donors (Lipinski definition) is 0. The molecule has 1 aliphatic heterocycles. The first-order valence-electron chi connectivity index (χ1n) is 8.72. The number of methoxy groups -OCH3 is 3. The van der Waals surface area contributed by atoms with Crippen LogP contribution in [0.5, 0.6) is 23.0 Å². The molecule has 29 heavy (non-hydrogen) atoms. The molecule has 2 aromatic carbocycles. The summed E-state index contributed by atoms with van der Waals surface area (Å²) in [6.45, 7) is 0.579. The van der Waals surface area contributed by atoms with Crippen LogP contribution >= 0.6 is 11.6 Å². The van der Waals surface area contributed by atoms with Gasteiger partial charge in [-0.15, -0.1) is 0 Å². The van der Waals surface area contributed by atoms with E-state index in [0.29, 0.717) is 45.8 Å². The van der Waals surface area contributed by atoms with Gasteiger partial charge in [-0.1, -0.05) is 11.6 Å². The third-order valence-electron chi connectivity index (χ3n) is 4.22. The first kappa shape index (κ1) is 20.8. The van der Waals surface area contributed by atoms with E-state index in [4.69, 9.17) is 40.0 Å². The average molecular weight is 421 g/mol. The lowest BCUT2D eigenvalue weighted by atomic mass is 10.1. The SMILES string of the molecule is COc1cc(/C=C/C(=O)OCc2cc(Cl)cc3c2OCOC3)cc(OC)c1OC. The van der Waals surface area contributed by atoms with Crippen LogP contribution in [0, 0.1) is 0 Å². The molecule has 154 valence electrons. The van der Waals surface area contributed by atoms with Gasteiger partial charge in [0.1, 0.15) is 12.4 Å². The molecule has 1 heterocycles. The number of carbonyl (C=O) groups excluding carboxylic acids is 1. The predicted octanol–water partition coefficient (Wildman–Crippen LogP) is 3.99. The molecule has 0 saturated carbocycles. The number of hydrogen-bond acceptors (Lipinski definition) is 7. The predicted molar refractivity (Wildman–Crippen MR) is 107 cm³/mol. The van der Waals surface area contributed by atoms with E-state index in [-0.39, 0.29) is 13.4 Å². The first-order chi connectivity index (χ1) is 14.0. The van der Waals surface area contributed by atoms with Gasteiger partial charge in [0, 0.05) is 22.2 Å². The third kappa shape index (κ3) is 4.93. The van der Waals surface area contributed by atoms with Crippen LogP contribution in [0.2, 0.25) is 5.02 Å². The molecule has 0 spiro atoms. The second-order valence-corrected chi connectivity index (χ2v) is 6.50. The Morgan fingerprint density at radius 3 is 2.48 bits per heavy atom. The first-order valence-corrected chi connectivity index (χ1v) is 9.10. The summed E-state index contributed by atoms with van der Waals surface area (Å²) >= 11 is 6.12. The normalized spacial score (nSPS) is 12.8. The highest BCUT2D eigenvalue weighted by atomic mass is 35.5. The summed E-state index contributed by atoms with van der Waals surface area (Å²) in [5.41, 5.74) is 2.20. The van der Waals surface area contributed by atoms with Crippen molar-refractivity contribution < 1.29 is 33.2 Å². The molecule has 0 saturated heterocycles. The van der Waals surface area contributed by atoms with E-state index >= 15 is 0 Å². The standard InChI is InChI=1S/C21H21ClO7/c1-24-17-6-13(7-18(25-2)21(17)26-3)4-5-19(23)28-11-15-9-16(22)8-14-10-27-12-29-20(14)15/h4-9H,10-12H2,1-3H3/b5-4+. The largest absolute Gasteiger partial charge is 0.493 e. The van der Waals surface area contributed by atoms with Crippen LogP contribution in [0.3, 0.4) is 0 Å².